The summed E-state index contributed by atoms with van der Waals surface area (Å²) >= 11 is 7.91. The molecule has 10 heteroatoms. The standard InChI is InChI=1S/C21H18Br2N2O5S/c1-2-3-8-24-20(26)18(31-21(24)27)11-14-9-16(22)19(17(23)10-14)30-12-13-4-6-15(7-5-13)25(28)29/h4-7,9-11H,2-3,8,12H2,1H3/b18-11-. The normalized spacial score (nSPS) is 15.1. The van der Waals surface area contributed by atoms with E-state index in [1.807, 2.05) is 6.92 Å². The molecule has 0 aromatic heterocycles. The van der Waals surface area contributed by atoms with Gasteiger partial charge >= 0.3 is 0 Å². The van der Waals surface area contributed by atoms with Gasteiger partial charge in [0.05, 0.1) is 18.8 Å². The van der Waals surface area contributed by atoms with E-state index in [1.165, 1.54) is 17.0 Å². The van der Waals surface area contributed by atoms with E-state index in [-0.39, 0.29) is 23.4 Å². The SMILES string of the molecule is CCCCN1C(=O)S/C(=C\c2cc(Br)c(OCc3ccc([N+](=O)[O-])cc3)c(Br)c2)C1=O. The van der Waals surface area contributed by atoms with Gasteiger partial charge in [-0.3, -0.25) is 24.6 Å². The molecule has 1 heterocycles. The Balaban J connectivity index is 1.73. The molecule has 1 aliphatic rings. The highest BCUT2D eigenvalue weighted by atomic mass is 79.9. The van der Waals surface area contributed by atoms with E-state index in [2.05, 4.69) is 31.9 Å². The van der Waals surface area contributed by atoms with Crippen molar-refractivity contribution in [2.75, 3.05) is 6.54 Å². The fourth-order valence-electron chi connectivity index (χ4n) is 2.83. The molecule has 31 heavy (non-hydrogen) atoms. The van der Waals surface area contributed by atoms with Crippen LogP contribution in [0.2, 0.25) is 0 Å². The highest BCUT2D eigenvalue weighted by molar-refractivity contribution is 9.11. The van der Waals surface area contributed by atoms with Crippen molar-refractivity contribution in [3.05, 3.63) is 71.5 Å². The van der Waals surface area contributed by atoms with Crippen LogP contribution in [0.5, 0.6) is 5.75 Å². The van der Waals surface area contributed by atoms with Crippen LogP contribution < -0.4 is 4.74 Å². The first-order chi connectivity index (χ1) is 14.8. The average molecular weight is 570 g/mol. The predicted octanol–water partition coefficient (Wildman–Crippen LogP) is 6.54. The van der Waals surface area contributed by atoms with Gasteiger partial charge in [-0.1, -0.05) is 13.3 Å². The lowest BCUT2D eigenvalue weighted by atomic mass is 10.2. The second kappa shape index (κ2) is 10.4. The first-order valence-corrected chi connectivity index (χ1v) is 11.8. The summed E-state index contributed by atoms with van der Waals surface area (Å²) in [5.74, 6) is 0.292. The summed E-state index contributed by atoms with van der Waals surface area (Å²) < 4.78 is 7.19. The van der Waals surface area contributed by atoms with E-state index in [0.717, 1.165) is 35.7 Å². The maximum Gasteiger partial charge on any atom is 0.293 e. The second-order valence-electron chi connectivity index (χ2n) is 6.71. The van der Waals surface area contributed by atoms with Gasteiger partial charge in [0.2, 0.25) is 0 Å². The number of hydrogen-bond donors (Lipinski definition) is 0. The number of nitro groups is 1. The van der Waals surface area contributed by atoms with E-state index in [9.17, 15) is 19.7 Å². The number of carbonyl (C=O) groups is 2. The third-order valence-corrected chi connectivity index (χ3v) is 6.54. The van der Waals surface area contributed by atoms with Gasteiger partial charge in [-0.15, -0.1) is 0 Å². The van der Waals surface area contributed by atoms with Gasteiger partial charge in [-0.25, -0.2) is 0 Å². The third kappa shape index (κ3) is 5.75. The fraction of sp³-hybridized carbons (Fsp3) is 0.238. The molecule has 0 atom stereocenters. The Kier molecular flexibility index (Phi) is 7.90. The van der Waals surface area contributed by atoms with Crippen LogP contribution in [0.4, 0.5) is 10.5 Å². The summed E-state index contributed by atoms with van der Waals surface area (Å²) in [6.07, 6.45) is 3.37. The van der Waals surface area contributed by atoms with Crippen molar-refractivity contribution in [1.82, 2.24) is 4.90 Å². The summed E-state index contributed by atoms with van der Waals surface area (Å²) in [5, 5.41) is 10.5. The lowest BCUT2D eigenvalue weighted by Crippen LogP contribution is -2.29. The van der Waals surface area contributed by atoms with Crippen LogP contribution in [0, 0.1) is 10.1 Å². The fourth-order valence-corrected chi connectivity index (χ4v) is 5.15. The van der Waals surface area contributed by atoms with Crippen LogP contribution in [-0.4, -0.2) is 27.5 Å². The van der Waals surface area contributed by atoms with Crippen LogP contribution in [0.15, 0.2) is 50.2 Å². The molecule has 0 aliphatic carbocycles. The Morgan fingerprint density at radius 2 is 1.81 bits per heavy atom. The zero-order chi connectivity index (χ0) is 22.5. The number of non-ortho nitro benzene ring substituents is 1. The number of rotatable bonds is 8. The number of halogens is 2. The van der Waals surface area contributed by atoms with Crippen molar-refractivity contribution < 1.29 is 19.2 Å². The molecule has 0 radical (unpaired) electrons. The number of thioether (sulfide) groups is 1. The number of benzene rings is 2. The van der Waals surface area contributed by atoms with Crippen LogP contribution in [0.1, 0.15) is 30.9 Å². The minimum atomic E-state index is -0.449. The topological polar surface area (TPSA) is 89.8 Å². The van der Waals surface area contributed by atoms with Crippen molar-refractivity contribution in [2.24, 2.45) is 0 Å². The molecule has 1 fully saturated rings. The zero-order valence-corrected chi connectivity index (χ0v) is 20.5. The van der Waals surface area contributed by atoms with Crippen LogP contribution in [0.25, 0.3) is 6.08 Å². The maximum atomic E-state index is 12.5. The first-order valence-electron chi connectivity index (χ1n) is 9.40. The van der Waals surface area contributed by atoms with Crippen molar-refractivity contribution in [2.45, 2.75) is 26.4 Å². The van der Waals surface area contributed by atoms with Crippen molar-refractivity contribution >= 4 is 66.5 Å². The Bertz CT molecular complexity index is 1030. The Morgan fingerprint density at radius 3 is 2.39 bits per heavy atom. The molecular weight excluding hydrogens is 552 g/mol. The highest BCUT2D eigenvalue weighted by Crippen LogP contribution is 2.38. The van der Waals surface area contributed by atoms with Gasteiger partial charge < -0.3 is 4.74 Å². The van der Waals surface area contributed by atoms with Gasteiger partial charge in [0.1, 0.15) is 12.4 Å². The monoisotopic (exact) mass is 568 g/mol. The largest absolute Gasteiger partial charge is 0.487 e. The maximum absolute atomic E-state index is 12.5. The molecule has 7 nitrogen and oxygen atoms in total. The highest BCUT2D eigenvalue weighted by Gasteiger charge is 2.34. The first kappa shape index (κ1) is 23.5. The van der Waals surface area contributed by atoms with Gasteiger partial charge in [-0.2, -0.15) is 0 Å². The van der Waals surface area contributed by atoms with Crippen LogP contribution in [-0.2, 0) is 11.4 Å². The van der Waals surface area contributed by atoms with E-state index in [4.69, 9.17) is 4.74 Å². The number of imide groups is 1. The number of unbranched alkanes of at least 4 members (excludes halogenated alkanes) is 1. The summed E-state index contributed by atoms with van der Waals surface area (Å²) in [4.78, 5) is 36.6. The van der Waals surface area contributed by atoms with Crippen LogP contribution in [0.3, 0.4) is 0 Å². The van der Waals surface area contributed by atoms with Gasteiger partial charge in [-0.05, 0) is 91.5 Å². The molecule has 0 bridgehead atoms. The summed E-state index contributed by atoms with van der Waals surface area (Å²) in [6, 6.07) is 9.75. The summed E-state index contributed by atoms with van der Waals surface area (Å²) in [7, 11) is 0. The third-order valence-electron chi connectivity index (χ3n) is 4.46. The summed E-state index contributed by atoms with van der Waals surface area (Å²) in [5.41, 5.74) is 1.55. The van der Waals surface area contributed by atoms with Gasteiger partial charge in [0.25, 0.3) is 16.8 Å². The molecule has 0 N–H and O–H groups in total. The summed E-state index contributed by atoms with van der Waals surface area (Å²) in [6.45, 7) is 2.67. The van der Waals surface area contributed by atoms with Gasteiger partial charge in [0, 0.05) is 18.7 Å². The molecule has 0 saturated carbocycles. The minimum Gasteiger partial charge on any atom is -0.487 e. The molecule has 1 aliphatic heterocycles. The molecule has 2 aromatic carbocycles. The Hall–Kier alpha value is -2.17. The molecule has 2 aromatic rings. The molecule has 162 valence electrons. The van der Waals surface area contributed by atoms with E-state index in [0.29, 0.717) is 26.1 Å². The van der Waals surface area contributed by atoms with Crippen LogP contribution >= 0.6 is 43.6 Å². The molecule has 1 saturated heterocycles. The molecule has 2 amide bonds. The zero-order valence-electron chi connectivity index (χ0n) is 16.5. The quantitative estimate of drug-likeness (QED) is 0.204. The van der Waals surface area contributed by atoms with E-state index >= 15 is 0 Å². The lowest BCUT2D eigenvalue weighted by molar-refractivity contribution is -0.384. The molecule has 3 rings (SSSR count). The smallest absolute Gasteiger partial charge is 0.293 e. The van der Waals surface area contributed by atoms with Crippen molar-refractivity contribution in [3.63, 3.8) is 0 Å². The van der Waals surface area contributed by atoms with E-state index < -0.39 is 4.92 Å². The van der Waals surface area contributed by atoms with Gasteiger partial charge in [0.15, 0.2) is 0 Å². The molecular formula is C21H18Br2N2O5S. The number of nitrogens with zero attached hydrogens (tertiary/aromatic N) is 2. The molecule has 0 spiro atoms. The van der Waals surface area contributed by atoms with Crippen molar-refractivity contribution in [3.8, 4) is 5.75 Å². The number of amides is 2. The number of nitro benzene ring substituents is 1. The van der Waals surface area contributed by atoms with Crippen molar-refractivity contribution in [1.29, 1.82) is 0 Å². The number of hydrogen-bond acceptors (Lipinski definition) is 6. The minimum absolute atomic E-state index is 0.0228. The lowest BCUT2D eigenvalue weighted by Gasteiger charge is -2.12. The van der Waals surface area contributed by atoms with E-state index in [1.54, 1.807) is 30.3 Å². The molecule has 0 unspecified atom stereocenters. The second-order valence-corrected chi connectivity index (χ2v) is 9.41. The average Bonchev–Trinajstić information content (AvgIpc) is 2.98. The predicted molar refractivity (Wildman–Crippen MR) is 127 cm³/mol. The Labute approximate surface area is 200 Å². The number of carbonyl (C=O) groups excluding carboxylic acids is 2. The number of ether oxygens (including phenoxy) is 1. The Morgan fingerprint density at radius 1 is 1.16 bits per heavy atom.